The van der Waals surface area contributed by atoms with Crippen LogP contribution in [-0.2, 0) is 6.42 Å². The normalized spacial score (nSPS) is 22.9. The predicted octanol–water partition coefficient (Wildman–Crippen LogP) is 2.86. The van der Waals surface area contributed by atoms with Crippen LogP contribution in [0.1, 0.15) is 29.3 Å². The molecule has 1 aliphatic heterocycles. The Morgan fingerprint density at radius 3 is 2.69 bits per heavy atom. The maximum Gasteiger partial charge on any atom is 0.254 e. The molecule has 2 atom stereocenters. The number of nitrogens with zero attached hydrogens (tertiary/aromatic N) is 1. The van der Waals surface area contributed by atoms with Gasteiger partial charge in [-0.3, -0.25) is 4.79 Å². The van der Waals surface area contributed by atoms with Crippen molar-refractivity contribution in [2.45, 2.75) is 25.4 Å². The minimum Gasteiger partial charge on any atom is -0.504 e. The molecule has 5 heteroatoms. The Labute approximate surface area is 153 Å². The number of carbonyl (C=O) groups excluding carboxylic acids is 1. The van der Waals surface area contributed by atoms with E-state index in [0.717, 1.165) is 12.0 Å². The van der Waals surface area contributed by atoms with Crippen LogP contribution < -0.4 is 4.74 Å². The van der Waals surface area contributed by atoms with Gasteiger partial charge in [0, 0.05) is 24.6 Å². The topological polar surface area (TPSA) is 70.0 Å². The molecule has 1 saturated heterocycles. The molecule has 1 heterocycles. The standard InChI is InChI=1S/C21H25NO4/c1-21(25)10-11-22(14-17(21)12-15-6-4-3-5-7-15)20(24)16-8-9-18(23)19(13-16)26-2/h3-9,13,17,23,25H,10-12,14H2,1-2H3/t17-,21+/m1/s1. The number of phenolic OH excluding ortho intramolecular Hbond substituents is 1. The van der Waals surface area contributed by atoms with Crippen LogP contribution in [0.4, 0.5) is 0 Å². The minimum absolute atomic E-state index is 0.00702. The van der Waals surface area contributed by atoms with Crippen molar-refractivity contribution in [2.75, 3.05) is 20.2 Å². The Balaban J connectivity index is 1.77. The summed E-state index contributed by atoms with van der Waals surface area (Å²) in [7, 11) is 1.46. The summed E-state index contributed by atoms with van der Waals surface area (Å²) in [6.07, 6.45) is 1.25. The Bertz CT molecular complexity index is 773. The third-order valence-corrected chi connectivity index (χ3v) is 5.25. The number of amides is 1. The van der Waals surface area contributed by atoms with E-state index >= 15 is 0 Å². The summed E-state index contributed by atoms with van der Waals surface area (Å²) in [5.41, 5.74) is 0.817. The van der Waals surface area contributed by atoms with Crippen molar-refractivity contribution >= 4 is 5.91 Å². The molecule has 2 N–H and O–H groups in total. The molecule has 0 spiro atoms. The first-order valence-electron chi connectivity index (χ1n) is 8.83. The first-order chi connectivity index (χ1) is 12.4. The van der Waals surface area contributed by atoms with Gasteiger partial charge in [-0.2, -0.15) is 0 Å². The van der Waals surface area contributed by atoms with Crippen LogP contribution in [0.5, 0.6) is 11.5 Å². The number of methoxy groups -OCH3 is 1. The fraction of sp³-hybridized carbons (Fsp3) is 0.381. The lowest BCUT2D eigenvalue weighted by Gasteiger charge is -2.43. The van der Waals surface area contributed by atoms with Crippen molar-refractivity contribution in [3.05, 3.63) is 59.7 Å². The second kappa shape index (κ2) is 7.38. The van der Waals surface area contributed by atoms with Gasteiger partial charge in [-0.1, -0.05) is 30.3 Å². The van der Waals surface area contributed by atoms with E-state index in [-0.39, 0.29) is 23.3 Å². The van der Waals surface area contributed by atoms with Crippen molar-refractivity contribution in [3.63, 3.8) is 0 Å². The number of carbonyl (C=O) groups is 1. The highest BCUT2D eigenvalue weighted by Crippen LogP contribution is 2.32. The van der Waals surface area contributed by atoms with E-state index < -0.39 is 5.60 Å². The summed E-state index contributed by atoms with van der Waals surface area (Å²) in [6, 6.07) is 14.6. The molecule has 26 heavy (non-hydrogen) atoms. The molecule has 2 aromatic rings. The Morgan fingerprint density at radius 1 is 1.27 bits per heavy atom. The van der Waals surface area contributed by atoms with Crippen LogP contribution >= 0.6 is 0 Å². The maximum atomic E-state index is 12.9. The van der Waals surface area contributed by atoms with Crippen molar-refractivity contribution in [3.8, 4) is 11.5 Å². The first kappa shape index (κ1) is 18.3. The predicted molar refractivity (Wildman–Crippen MR) is 99.4 cm³/mol. The van der Waals surface area contributed by atoms with Crippen LogP contribution in [-0.4, -0.2) is 46.8 Å². The van der Waals surface area contributed by atoms with Crippen LogP contribution in [0, 0.1) is 5.92 Å². The zero-order valence-electron chi connectivity index (χ0n) is 15.2. The van der Waals surface area contributed by atoms with Crippen molar-refractivity contribution in [2.24, 2.45) is 5.92 Å². The summed E-state index contributed by atoms with van der Waals surface area (Å²) in [6.45, 7) is 2.84. The van der Waals surface area contributed by atoms with Crippen LogP contribution in [0.15, 0.2) is 48.5 Å². The molecule has 0 saturated carbocycles. The molecule has 1 amide bonds. The Kier molecular flexibility index (Phi) is 5.18. The van der Waals surface area contributed by atoms with Crippen molar-refractivity contribution in [1.29, 1.82) is 0 Å². The van der Waals surface area contributed by atoms with Gasteiger partial charge in [-0.25, -0.2) is 0 Å². The third kappa shape index (κ3) is 3.83. The molecule has 138 valence electrons. The third-order valence-electron chi connectivity index (χ3n) is 5.25. The fourth-order valence-electron chi connectivity index (χ4n) is 3.48. The monoisotopic (exact) mass is 355 g/mol. The van der Waals surface area contributed by atoms with Gasteiger partial charge in [0.15, 0.2) is 11.5 Å². The molecule has 0 radical (unpaired) electrons. The van der Waals surface area contributed by atoms with Gasteiger partial charge in [-0.05, 0) is 43.5 Å². The number of likely N-dealkylation sites (tertiary alicyclic amines) is 1. The molecular formula is C21H25NO4. The number of piperidine rings is 1. The number of aromatic hydroxyl groups is 1. The molecule has 0 aromatic heterocycles. The molecule has 5 nitrogen and oxygen atoms in total. The second-order valence-corrected chi connectivity index (χ2v) is 7.13. The van der Waals surface area contributed by atoms with Crippen molar-refractivity contribution < 1.29 is 19.7 Å². The quantitative estimate of drug-likeness (QED) is 0.885. The summed E-state index contributed by atoms with van der Waals surface area (Å²) < 4.78 is 5.10. The van der Waals surface area contributed by atoms with Crippen LogP contribution in [0.3, 0.4) is 0 Å². The SMILES string of the molecule is COc1cc(C(=O)N2CC[C@](C)(O)[C@H](Cc3ccccc3)C2)ccc1O. The van der Waals surface area contributed by atoms with E-state index in [0.29, 0.717) is 25.1 Å². The zero-order valence-corrected chi connectivity index (χ0v) is 15.2. The van der Waals surface area contributed by atoms with E-state index in [1.807, 2.05) is 37.3 Å². The summed E-state index contributed by atoms with van der Waals surface area (Å²) in [4.78, 5) is 14.7. The number of ether oxygens (including phenoxy) is 1. The smallest absolute Gasteiger partial charge is 0.254 e. The highest BCUT2D eigenvalue weighted by atomic mass is 16.5. The van der Waals surface area contributed by atoms with Crippen molar-refractivity contribution in [1.82, 2.24) is 4.90 Å². The summed E-state index contributed by atoms with van der Waals surface area (Å²) in [5, 5.41) is 20.5. The van der Waals surface area contributed by atoms with E-state index in [9.17, 15) is 15.0 Å². The maximum absolute atomic E-state index is 12.9. The average Bonchev–Trinajstić information content (AvgIpc) is 2.64. The van der Waals surface area contributed by atoms with Crippen LogP contribution in [0.2, 0.25) is 0 Å². The van der Waals surface area contributed by atoms with E-state index in [1.54, 1.807) is 17.0 Å². The van der Waals surface area contributed by atoms with Crippen LogP contribution in [0.25, 0.3) is 0 Å². The first-order valence-corrected chi connectivity index (χ1v) is 8.83. The molecule has 0 aliphatic carbocycles. The number of benzene rings is 2. The molecule has 3 rings (SSSR count). The molecule has 0 unspecified atom stereocenters. The fourth-order valence-corrected chi connectivity index (χ4v) is 3.48. The zero-order chi connectivity index (χ0) is 18.7. The Hall–Kier alpha value is -2.53. The van der Waals surface area contributed by atoms with Gasteiger partial charge in [0.2, 0.25) is 0 Å². The highest BCUT2D eigenvalue weighted by molar-refractivity contribution is 5.95. The molecule has 2 aromatic carbocycles. The van der Waals surface area contributed by atoms with E-state index in [4.69, 9.17) is 4.74 Å². The lowest BCUT2D eigenvalue weighted by Crippen LogP contribution is -2.52. The largest absolute Gasteiger partial charge is 0.504 e. The summed E-state index contributed by atoms with van der Waals surface area (Å²) in [5.74, 6) is 0.131. The molecule has 1 aliphatic rings. The van der Waals surface area contributed by atoms with Gasteiger partial charge in [0.05, 0.1) is 12.7 Å². The number of hydrogen-bond acceptors (Lipinski definition) is 4. The van der Waals surface area contributed by atoms with Gasteiger partial charge in [0.1, 0.15) is 0 Å². The number of aliphatic hydroxyl groups is 1. The molecular weight excluding hydrogens is 330 g/mol. The minimum atomic E-state index is -0.806. The Morgan fingerprint density at radius 2 is 2.00 bits per heavy atom. The number of rotatable bonds is 4. The number of hydrogen-bond donors (Lipinski definition) is 2. The lowest BCUT2D eigenvalue weighted by atomic mass is 9.78. The highest BCUT2D eigenvalue weighted by Gasteiger charge is 2.39. The summed E-state index contributed by atoms with van der Waals surface area (Å²) >= 11 is 0. The second-order valence-electron chi connectivity index (χ2n) is 7.13. The average molecular weight is 355 g/mol. The molecule has 1 fully saturated rings. The van der Waals surface area contributed by atoms with Gasteiger partial charge in [0.25, 0.3) is 5.91 Å². The number of phenols is 1. The van der Waals surface area contributed by atoms with Gasteiger partial charge < -0.3 is 19.8 Å². The van der Waals surface area contributed by atoms with Gasteiger partial charge in [-0.15, -0.1) is 0 Å². The molecule has 0 bridgehead atoms. The van der Waals surface area contributed by atoms with E-state index in [1.165, 1.54) is 13.2 Å². The van der Waals surface area contributed by atoms with Gasteiger partial charge >= 0.3 is 0 Å². The van der Waals surface area contributed by atoms with E-state index in [2.05, 4.69) is 0 Å². The lowest BCUT2D eigenvalue weighted by molar-refractivity contribution is -0.0507.